The van der Waals surface area contributed by atoms with Gasteiger partial charge in [0.05, 0.1) is 11.7 Å². The summed E-state index contributed by atoms with van der Waals surface area (Å²) in [4.78, 5) is 21.5. The summed E-state index contributed by atoms with van der Waals surface area (Å²) in [6, 6.07) is 8.04. The molecule has 1 saturated heterocycles. The number of benzene rings is 1. The van der Waals surface area contributed by atoms with Crippen LogP contribution in [-0.4, -0.2) is 52.7 Å². The first kappa shape index (κ1) is 22.8. The Bertz CT molecular complexity index is 1040. The first-order chi connectivity index (χ1) is 14.6. The molecule has 0 saturated carbocycles. The number of amides is 1. The van der Waals surface area contributed by atoms with Crippen molar-refractivity contribution in [1.82, 2.24) is 14.8 Å². The van der Waals surface area contributed by atoms with E-state index in [-0.39, 0.29) is 12.1 Å². The average molecular weight is 570 g/mol. The SMILES string of the molecule is CC(C)(C)OC(=O)N1CCN(C2c3ccc(Cl)cc3C=C(Br)c3cc(Br)cnc32)CC1. The van der Waals surface area contributed by atoms with Gasteiger partial charge in [-0.25, -0.2) is 4.79 Å². The summed E-state index contributed by atoms with van der Waals surface area (Å²) in [5.74, 6) is 0. The van der Waals surface area contributed by atoms with Crippen LogP contribution in [0.5, 0.6) is 0 Å². The maximum Gasteiger partial charge on any atom is 0.410 e. The van der Waals surface area contributed by atoms with Crippen LogP contribution in [0.3, 0.4) is 0 Å². The number of hydrogen-bond donors (Lipinski definition) is 0. The molecule has 2 heterocycles. The summed E-state index contributed by atoms with van der Waals surface area (Å²) >= 11 is 13.6. The van der Waals surface area contributed by atoms with E-state index < -0.39 is 5.60 Å². The molecule has 1 unspecified atom stereocenters. The summed E-state index contributed by atoms with van der Waals surface area (Å²) in [6.07, 6.45) is 3.68. The van der Waals surface area contributed by atoms with Crippen molar-refractivity contribution < 1.29 is 9.53 Å². The van der Waals surface area contributed by atoms with Crippen LogP contribution in [0.4, 0.5) is 4.79 Å². The Hall–Kier alpha value is -1.41. The Morgan fingerprint density at radius 1 is 1.16 bits per heavy atom. The van der Waals surface area contributed by atoms with Gasteiger partial charge in [-0.3, -0.25) is 9.88 Å². The third-order valence-corrected chi connectivity index (χ3v) is 6.68. The van der Waals surface area contributed by atoms with Crippen molar-refractivity contribution in [3.8, 4) is 0 Å². The number of rotatable bonds is 1. The van der Waals surface area contributed by atoms with Crippen LogP contribution in [0.25, 0.3) is 10.6 Å². The zero-order valence-corrected chi connectivity index (χ0v) is 21.6. The lowest BCUT2D eigenvalue weighted by Crippen LogP contribution is -2.51. The third-order valence-electron chi connectivity index (χ3n) is 5.36. The molecule has 2 aliphatic rings. The van der Waals surface area contributed by atoms with Crippen LogP contribution < -0.4 is 0 Å². The maximum absolute atomic E-state index is 12.5. The smallest absolute Gasteiger partial charge is 0.410 e. The predicted molar refractivity (Wildman–Crippen MR) is 131 cm³/mol. The monoisotopic (exact) mass is 567 g/mol. The highest BCUT2D eigenvalue weighted by Crippen LogP contribution is 2.42. The van der Waals surface area contributed by atoms with Gasteiger partial charge in [0.1, 0.15) is 5.60 Å². The number of fused-ring (bicyclic) bond motifs is 2. The van der Waals surface area contributed by atoms with Crippen LogP contribution in [0.1, 0.15) is 49.2 Å². The summed E-state index contributed by atoms with van der Waals surface area (Å²) < 4.78 is 7.44. The molecular weight excluding hydrogens is 546 g/mol. The molecule has 1 aliphatic heterocycles. The Morgan fingerprint density at radius 2 is 1.87 bits per heavy atom. The molecule has 4 rings (SSSR count). The van der Waals surface area contributed by atoms with Crippen molar-refractivity contribution in [2.24, 2.45) is 0 Å². The van der Waals surface area contributed by atoms with Gasteiger partial charge in [-0.05, 0) is 72.1 Å². The largest absolute Gasteiger partial charge is 0.444 e. The molecule has 8 heteroatoms. The standard InChI is InChI=1S/C23H24Br2ClN3O2/c1-23(2,3)31-22(30)29-8-6-28(7-9-29)21-17-5-4-16(26)10-14(17)11-19(25)18-12-15(24)13-27-20(18)21/h4-5,10-13,21H,6-9H2,1-3H3. The van der Waals surface area contributed by atoms with Crippen LogP contribution in [0.2, 0.25) is 5.02 Å². The summed E-state index contributed by atoms with van der Waals surface area (Å²) in [6.45, 7) is 8.33. The van der Waals surface area contributed by atoms with E-state index in [9.17, 15) is 4.79 Å². The van der Waals surface area contributed by atoms with E-state index >= 15 is 0 Å². The van der Waals surface area contributed by atoms with Gasteiger partial charge in [0, 0.05) is 51.9 Å². The molecule has 0 bridgehead atoms. The van der Waals surface area contributed by atoms with E-state index in [0.29, 0.717) is 18.1 Å². The van der Waals surface area contributed by atoms with E-state index in [2.05, 4.69) is 55.0 Å². The van der Waals surface area contributed by atoms with Gasteiger partial charge in [-0.15, -0.1) is 0 Å². The van der Waals surface area contributed by atoms with Gasteiger partial charge >= 0.3 is 6.09 Å². The Labute approximate surface area is 204 Å². The molecule has 2 aromatic rings. The highest BCUT2D eigenvalue weighted by atomic mass is 79.9. The van der Waals surface area contributed by atoms with Crippen molar-refractivity contribution in [2.45, 2.75) is 32.4 Å². The summed E-state index contributed by atoms with van der Waals surface area (Å²) in [7, 11) is 0. The first-order valence-corrected chi connectivity index (χ1v) is 12.1. The molecule has 164 valence electrons. The van der Waals surface area contributed by atoms with Crippen molar-refractivity contribution in [3.63, 3.8) is 0 Å². The molecule has 0 N–H and O–H groups in total. The molecular formula is C23H24Br2ClN3O2. The molecule has 5 nitrogen and oxygen atoms in total. The minimum absolute atomic E-state index is 0.0394. The van der Waals surface area contributed by atoms with Gasteiger partial charge < -0.3 is 9.64 Å². The third kappa shape index (κ3) is 5.00. The predicted octanol–water partition coefficient (Wildman–Crippen LogP) is 6.35. The fourth-order valence-corrected chi connectivity index (χ4v) is 5.08. The molecule has 0 radical (unpaired) electrons. The highest BCUT2D eigenvalue weighted by Gasteiger charge is 2.34. The van der Waals surface area contributed by atoms with E-state index in [4.69, 9.17) is 21.3 Å². The summed E-state index contributed by atoms with van der Waals surface area (Å²) in [5, 5.41) is 0.698. The number of ether oxygens (including phenoxy) is 1. The number of piperazine rings is 1. The molecule has 1 fully saturated rings. The Kier molecular flexibility index (Phi) is 6.50. The van der Waals surface area contributed by atoms with Crippen molar-refractivity contribution in [3.05, 3.63) is 62.3 Å². The van der Waals surface area contributed by atoms with E-state index in [1.54, 1.807) is 4.90 Å². The van der Waals surface area contributed by atoms with Crippen molar-refractivity contribution >= 4 is 60.1 Å². The van der Waals surface area contributed by atoms with E-state index in [1.807, 2.05) is 39.1 Å². The second-order valence-corrected chi connectivity index (χ2v) is 11.0. The van der Waals surface area contributed by atoms with Crippen LogP contribution >= 0.6 is 43.5 Å². The number of aromatic nitrogens is 1. The Morgan fingerprint density at radius 3 is 2.55 bits per heavy atom. The van der Waals surface area contributed by atoms with Gasteiger partial charge in [-0.1, -0.05) is 33.6 Å². The lowest BCUT2D eigenvalue weighted by molar-refractivity contribution is 0.0118. The van der Waals surface area contributed by atoms with E-state index in [0.717, 1.165) is 44.4 Å². The van der Waals surface area contributed by atoms with Crippen molar-refractivity contribution in [2.75, 3.05) is 26.2 Å². The number of carbonyl (C=O) groups excluding carboxylic acids is 1. The zero-order valence-electron chi connectivity index (χ0n) is 17.7. The number of carbonyl (C=O) groups is 1. The molecule has 0 spiro atoms. The topological polar surface area (TPSA) is 45.7 Å². The van der Waals surface area contributed by atoms with Crippen LogP contribution in [-0.2, 0) is 4.74 Å². The summed E-state index contributed by atoms with van der Waals surface area (Å²) in [5.41, 5.74) is 3.75. The van der Waals surface area contributed by atoms with Gasteiger partial charge in [0.15, 0.2) is 0 Å². The van der Waals surface area contributed by atoms with E-state index in [1.165, 1.54) is 0 Å². The minimum atomic E-state index is -0.498. The van der Waals surface area contributed by atoms with Gasteiger partial charge in [-0.2, -0.15) is 0 Å². The zero-order chi connectivity index (χ0) is 22.3. The van der Waals surface area contributed by atoms with Crippen LogP contribution in [0, 0.1) is 0 Å². The lowest BCUT2D eigenvalue weighted by Gasteiger charge is -2.40. The quantitative estimate of drug-likeness (QED) is 0.402. The lowest BCUT2D eigenvalue weighted by atomic mass is 9.96. The second kappa shape index (κ2) is 8.85. The van der Waals surface area contributed by atoms with Crippen LogP contribution in [0.15, 0.2) is 34.9 Å². The van der Waals surface area contributed by atoms with Gasteiger partial charge in [0.25, 0.3) is 0 Å². The number of nitrogens with zero attached hydrogens (tertiary/aromatic N) is 3. The molecule has 1 amide bonds. The minimum Gasteiger partial charge on any atom is -0.444 e. The van der Waals surface area contributed by atoms with Gasteiger partial charge in [0.2, 0.25) is 0 Å². The first-order valence-electron chi connectivity index (χ1n) is 10.2. The maximum atomic E-state index is 12.5. The highest BCUT2D eigenvalue weighted by molar-refractivity contribution is 9.15. The molecule has 1 aromatic heterocycles. The Balaban J connectivity index is 1.67. The molecule has 1 aromatic carbocycles. The number of hydrogen-bond acceptors (Lipinski definition) is 4. The normalized spacial score (nSPS) is 19.2. The van der Waals surface area contributed by atoms with Crippen molar-refractivity contribution in [1.29, 1.82) is 0 Å². The molecule has 31 heavy (non-hydrogen) atoms. The fourth-order valence-electron chi connectivity index (χ4n) is 4.00. The molecule has 1 aliphatic carbocycles. The molecule has 1 atom stereocenters. The second-order valence-electron chi connectivity index (χ2n) is 8.76. The number of halogens is 3. The fraction of sp³-hybridized carbons (Fsp3) is 0.391. The average Bonchev–Trinajstić information content (AvgIpc) is 2.80. The number of pyridine rings is 1.